The maximum Gasteiger partial charge on any atom is 0.224 e. The van der Waals surface area contributed by atoms with Gasteiger partial charge in [-0.1, -0.05) is 22.0 Å². The Labute approximate surface area is 122 Å². The fourth-order valence-electron chi connectivity index (χ4n) is 1.62. The Morgan fingerprint density at radius 2 is 2.16 bits per heavy atom. The molecule has 0 heterocycles. The van der Waals surface area contributed by atoms with Crippen LogP contribution >= 0.6 is 15.9 Å². The highest BCUT2D eigenvalue weighted by Gasteiger charge is 2.14. The summed E-state index contributed by atoms with van der Waals surface area (Å²) < 4.78 is 6.07. The molecule has 0 aliphatic heterocycles. The van der Waals surface area contributed by atoms with Crippen LogP contribution in [-0.4, -0.2) is 18.6 Å². The number of ether oxygens (including phenoxy) is 1. The predicted octanol–water partition coefficient (Wildman–Crippen LogP) is 3.05. The van der Waals surface area contributed by atoms with Crippen LogP contribution in [0.3, 0.4) is 0 Å². The van der Waals surface area contributed by atoms with E-state index in [0.717, 1.165) is 15.7 Å². The zero-order chi connectivity index (χ0) is 14.5. The molecule has 1 aromatic rings. The Kier molecular flexibility index (Phi) is 5.97. The molecular weight excluding hydrogens is 308 g/mol. The molecule has 3 N–H and O–H groups in total. The molecule has 106 valence electrons. The number of hydrogen-bond donors (Lipinski definition) is 2. The monoisotopic (exact) mass is 328 g/mol. The molecule has 1 rings (SSSR count). The summed E-state index contributed by atoms with van der Waals surface area (Å²) in [6.45, 7) is 4.27. The molecule has 0 aliphatic rings. The van der Waals surface area contributed by atoms with Gasteiger partial charge in [-0.25, -0.2) is 0 Å². The molecule has 4 nitrogen and oxygen atoms in total. The number of methoxy groups -OCH3 is 1. The van der Waals surface area contributed by atoms with Gasteiger partial charge < -0.3 is 15.8 Å². The number of hydrogen-bond acceptors (Lipinski definition) is 3. The third-order valence-corrected chi connectivity index (χ3v) is 3.42. The molecule has 0 aliphatic carbocycles. The topological polar surface area (TPSA) is 64.3 Å². The van der Waals surface area contributed by atoms with Crippen LogP contribution in [0.1, 0.15) is 32.3 Å². The van der Waals surface area contributed by atoms with Gasteiger partial charge in [0.25, 0.3) is 0 Å². The molecule has 0 saturated carbocycles. The number of carbonyl (C=O) groups is 1. The molecular formula is C14H21BrN2O2. The fourth-order valence-corrected chi connectivity index (χ4v) is 2.10. The third-order valence-electron chi connectivity index (χ3n) is 2.68. The molecule has 0 fully saturated rings. The lowest BCUT2D eigenvalue weighted by Crippen LogP contribution is -2.33. The maximum atomic E-state index is 11.9. The summed E-state index contributed by atoms with van der Waals surface area (Å²) in [5.74, 6) is -0.0334. The molecule has 0 radical (unpaired) electrons. The number of amides is 1. The van der Waals surface area contributed by atoms with E-state index in [1.165, 1.54) is 0 Å². The van der Waals surface area contributed by atoms with Crippen LogP contribution in [0.2, 0.25) is 0 Å². The summed E-state index contributed by atoms with van der Waals surface area (Å²) >= 11 is 3.46. The minimum absolute atomic E-state index is 0.0334. The lowest BCUT2D eigenvalue weighted by molar-refractivity contribution is -0.116. The van der Waals surface area contributed by atoms with Gasteiger partial charge >= 0.3 is 0 Å². The Morgan fingerprint density at radius 1 is 1.47 bits per heavy atom. The van der Waals surface area contributed by atoms with Crippen LogP contribution in [0.15, 0.2) is 22.7 Å². The second kappa shape index (κ2) is 7.03. The van der Waals surface area contributed by atoms with Crippen LogP contribution in [0, 0.1) is 0 Å². The van der Waals surface area contributed by atoms with E-state index in [-0.39, 0.29) is 11.4 Å². The molecule has 1 aromatic carbocycles. The molecule has 0 unspecified atom stereocenters. The van der Waals surface area contributed by atoms with Crippen LogP contribution in [0.4, 0.5) is 5.69 Å². The first kappa shape index (κ1) is 16.1. The molecule has 5 heteroatoms. The van der Waals surface area contributed by atoms with E-state index in [4.69, 9.17) is 10.5 Å². The minimum atomic E-state index is -0.329. The summed E-state index contributed by atoms with van der Waals surface area (Å²) in [6.07, 6.45) is 1.05. The number of carbonyl (C=O) groups excluding carboxylic acids is 1. The van der Waals surface area contributed by atoms with Gasteiger partial charge in [0.2, 0.25) is 5.91 Å². The van der Waals surface area contributed by atoms with E-state index < -0.39 is 0 Å². The predicted molar refractivity (Wildman–Crippen MR) is 81.0 cm³/mol. The number of nitrogens with one attached hydrogen (secondary N) is 1. The van der Waals surface area contributed by atoms with E-state index in [0.29, 0.717) is 19.4 Å². The molecule has 0 saturated heterocycles. The molecule has 0 aromatic heterocycles. The SMILES string of the molecule is COCc1c(Br)cccc1NC(=O)CCC(C)(C)N. The highest BCUT2D eigenvalue weighted by molar-refractivity contribution is 9.10. The first-order valence-electron chi connectivity index (χ1n) is 6.18. The molecule has 0 bridgehead atoms. The number of benzene rings is 1. The smallest absolute Gasteiger partial charge is 0.224 e. The number of nitrogens with two attached hydrogens (primary N) is 1. The first-order chi connectivity index (χ1) is 8.83. The van der Waals surface area contributed by atoms with Crippen molar-refractivity contribution in [1.29, 1.82) is 0 Å². The maximum absolute atomic E-state index is 11.9. The second-order valence-electron chi connectivity index (χ2n) is 5.24. The van der Waals surface area contributed by atoms with Crippen molar-refractivity contribution in [1.82, 2.24) is 0 Å². The van der Waals surface area contributed by atoms with Gasteiger partial charge in [0.05, 0.1) is 6.61 Å². The van der Waals surface area contributed by atoms with Crippen molar-refractivity contribution >= 4 is 27.5 Å². The standard InChI is InChI=1S/C14H21BrN2O2/c1-14(2,16)8-7-13(18)17-12-6-4-5-11(15)10(12)9-19-3/h4-6H,7-9,16H2,1-3H3,(H,17,18). The third kappa shape index (κ3) is 5.72. The van der Waals surface area contributed by atoms with Crippen molar-refractivity contribution < 1.29 is 9.53 Å². The van der Waals surface area contributed by atoms with Crippen molar-refractivity contribution in [3.63, 3.8) is 0 Å². The summed E-state index contributed by atoms with van der Waals surface area (Å²) in [4.78, 5) is 11.9. The van der Waals surface area contributed by atoms with Gasteiger partial charge in [0, 0.05) is 34.8 Å². The molecule has 0 spiro atoms. The highest BCUT2D eigenvalue weighted by atomic mass is 79.9. The fraction of sp³-hybridized carbons (Fsp3) is 0.500. The number of rotatable bonds is 6. The van der Waals surface area contributed by atoms with E-state index in [1.54, 1.807) is 7.11 Å². The van der Waals surface area contributed by atoms with Crippen LogP contribution in [0.5, 0.6) is 0 Å². The Bertz CT molecular complexity index is 442. The zero-order valence-corrected chi connectivity index (χ0v) is 13.2. The van der Waals surface area contributed by atoms with Gasteiger partial charge in [-0.3, -0.25) is 4.79 Å². The van der Waals surface area contributed by atoms with Crippen molar-refractivity contribution in [2.45, 2.75) is 38.8 Å². The van der Waals surface area contributed by atoms with Crippen molar-refractivity contribution in [2.75, 3.05) is 12.4 Å². The summed E-state index contributed by atoms with van der Waals surface area (Å²) in [7, 11) is 1.63. The lowest BCUT2D eigenvalue weighted by atomic mass is 10.00. The summed E-state index contributed by atoms with van der Waals surface area (Å²) in [5.41, 5.74) is 7.25. The largest absolute Gasteiger partial charge is 0.380 e. The average Bonchev–Trinajstić information content (AvgIpc) is 2.30. The van der Waals surface area contributed by atoms with Crippen LogP contribution in [0.25, 0.3) is 0 Å². The second-order valence-corrected chi connectivity index (χ2v) is 6.09. The van der Waals surface area contributed by atoms with E-state index >= 15 is 0 Å². The Morgan fingerprint density at radius 3 is 2.74 bits per heavy atom. The van der Waals surface area contributed by atoms with E-state index in [1.807, 2.05) is 32.0 Å². The quantitative estimate of drug-likeness (QED) is 0.843. The summed E-state index contributed by atoms with van der Waals surface area (Å²) in [6, 6.07) is 5.67. The van der Waals surface area contributed by atoms with Gasteiger partial charge in [-0.05, 0) is 32.4 Å². The molecule has 1 amide bonds. The normalized spacial score (nSPS) is 11.4. The van der Waals surface area contributed by atoms with Gasteiger partial charge in [-0.15, -0.1) is 0 Å². The van der Waals surface area contributed by atoms with Crippen LogP contribution < -0.4 is 11.1 Å². The minimum Gasteiger partial charge on any atom is -0.380 e. The number of anilines is 1. The number of halogens is 1. The van der Waals surface area contributed by atoms with E-state index in [9.17, 15) is 4.79 Å². The van der Waals surface area contributed by atoms with E-state index in [2.05, 4.69) is 21.2 Å². The first-order valence-corrected chi connectivity index (χ1v) is 6.98. The van der Waals surface area contributed by atoms with Crippen LogP contribution in [-0.2, 0) is 16.1 Å². The van der Waals surface area contributed by atoms with Gasteiger partial charge in [-0.2, -0.15) is 0 Å². The summed E-state index contributed by atoms with van der Waals surface area (Å²) in [5, 5.41) is 2.90. The highest BCUT2D eigenvalue weighted by Crippen LogP contribution is 2.25. The average molecular weight is 329 g/mol. The Balaban J connectivity index is 2.71. The van der Waals surface area contributed by atoms with Crippen molar-refractivity contribution in [2.24, 2.45) is 5.73 Å². The lowest BCUT2D eigenvalue weighted by Gasteiger charge is -2.18. The molecule has 19 heavy (non-hydrogen) atoms. The zero-order valence-electron chi connectivity index (χ0n) is 11.6. The van der Waals surface area contributed by atoms with Gasteiger partial charge in [0.1, 0.15) is 0 Å². The molecule has 0 atom stereocenters. The van der Waals surface area contributed by atoms with Gasteiger partial charge in [0.15, 0.2) is 0 Å². The Hall–Kier alpha value is -0.910. The van der Waals surface area contributed by atoms with Crippen molar-refractivity contribution in [3.8, 4) is 0 Å². The van der Waals surface area contributed by atoms with Crippen molar-refractivity contribution in [3.05, 3.63) is 28.2 Å².